The van der Waals surface area contributed by atoms with Crippen LogP contribution in [-0.2, 0) is 14.3 Å². The highest BCUT2D eigenvalue weighted by atomic mass is 32.1. The van der Waals surface area contributed by atoms with E-state index >= 15 is 0 Å². The summed E-state index contributed by atoms with van der Waals surface area (Å²) in [6, 6.07) is 16.8. The van der Waals surface area contributed by atoms with Crippen molar-refractivity contribution in [3.05, 3.63) is 77.4 Å². The molecule has 2 fully saturated rings. The van der Waals surface area contributed by atoms with Crippen LogP contribution in [0.4, 0.5) is 5.69 Å². The van der Waals surface area contributed by atoms with Crippen LogP contribution in [0, 0.1) is 13.8 Å². The summed E-state index contributed by atoms with van der Waals surface area (Å²) in [5, 5.41) is 4.19. The maximum absolute atomic E-state index is 11.8. The van der Waals surface area contributed by atoms with Crippen LogP contribution in [0.5, 0.6) is 0 Å². The lowest BCUT2D eigenvalue weighted by atomic mass is 9.96. The minimum atomic E-state index is -0.209. The van der Waals surface area contributed by atoms with Crippen molar-refractivity contribution in [2.75, 3.05) is 44.9 Å². The maximum Gasteiger partial charge on any atom is 0.305 e. The van der Waals surface area contributed by atoms with Crippen molar-refractivity contribution in [1.82, 2.24) is 19.8 Å². The highest BCUT2D eigenvalue weighted by Crippen LogP contribution is 2.41. The van der Waals surface area contributed by atoms with Gasteiger partial charge in [-0.2, -0.15) is 0 Å². The van der Waals surface area contributed by atoms with Crippen LogP contribution in [-0.4, -0.2) is 65.5 Å². The molecule has 2 aliphatic rings. The van der Waals surface area contributed by atoms with Crippen LogP contribution in [0.1, 0.15) is 47.6 Å². The van der Waals surface area contributed by atoms with Gasteiger partial charge in [-0.3, -0.25) is 9.78 Å². The second kappa shape index (κ2) is 11.5. The van der Waals surface area contributed by atoms with E-state index < -0.39 is 0 Å². The molecule has 3 aromatic rings. The van der Waals surface area contributed by atoms with Crippen molar-refractivity contribution < 1.29 is 14.3 Å². The van der Waals surface area contributed by atoms with Crippen molar-refractivity contribution in [2.24, 2.45) is 0 Å². The molecule has 0 unspecified atom stereocenters. The molecule has 2 aromatic heterocycles. The molecule has 38 heavy (non-hydrogen) atoms. The first-order valence-electron chi connectivity index (χ1n) is 13.1. The van der Waals surface area contributed by atoms with Crippen LogP contribution in [0.15, 0.2) is 54.7 Å². The number of thiocarbonyl (C=S) groups is 1. The van der Waals surface area contributed by atoms with E-state index in [-0.39, 0.29) is 18.1 Å². The quantitative estimate of drug-likeness (QED) is 0.340. The molecule has 4 heterocycles. The average molecular weight is 534 g/mol. The Bertz CT molecular complexity index is 1270. The number of hydrogen-bond acceptors (Lipinski definition) is 6. The second-order valence-electron chi connectivity index (χ2n) is 9.78. The predicted octanol–water partition coefficient (Wildman–Crippen LogP) is 4.25. The van der Waals surface area contributed by atoms with Crippen molar-refractivity contribution in [3.8, 4) is 5.69 Å². The molecule has 0 saturated carbocycles. The van der Waals surface area contributed by atoms with E-state index in [0.29, 0.717) is 24.5 Å². The number of nitrogens with zero attached hydrogens (tertiary/aromatic N) is 4. The van der Waals surface area contributed by atoms with E-state index in [4.69, 9.17) is 21.7 Å². The van der Waals surface area contributed by atoms with Crippen LogP contribution in [0.25, 0.3) is 5.69 Å². The highest BCUT2D eigenvalue weighted by molar-refractivity contribution is 7.80. The summed E-state index contributed by atoms with van der Waals surface area (Å²) < 4.78 is 12.7. The minimum Gasteiger partial charge on any atom is -0.469 e. The van der Waals surface area contributed by atoms with Crippen LogP contribution >= 0.6 is 12.2 Å². The lowest BCUT2D eigenvalue weighted by molar-refractivity contribution is -0.140. The first-order valence-corrected chi connectivity index (χ1v) is 13.6. The number of carbonyl (C=O) groups excluding carboxylic acids is 1. The first kappa shape index (κ1) is 26.2. The van der Waals surface area contributed by atoms with Gasteiger partial charge in [-0.25, -0.2) is 0 Å². The molecule has 0 amide bonds. The van der Waals surface area contributed by atoms with Gasteiger partial charge in [-0.15, -0.1) is 0 Å². The Labute approximate surface area is 229 Å². The topological polar surface area (TPSA) is 71.9 Å². The van der Waals surface area contributed by atoms with Gasteiger partial charge in [0.1, 0.15) is 0 Å². The fourth-order valence-corrected chi connectivity index (χ4v) is 5.93. The summed E-state index contributed by atoms with van der Waals surface area (Å²) >= 11 is 5.81. The van der Waals surface area contributed by atoms with Crippen molar-refractivity contribution >= 4 is 29.0 Å². The lowest BCUT2D eigenvalue weighted by Gasteiger charge is -2.29. The molecule has 2 atom stereocenters. The molecule has 2 saturated heterocycles. The highest BCUT2D eigenvalue weighted by Gasteiger charge is 2.41. The van der Waals surface area contributed by atoms with Gasteiger partial charge in [-0.1, -0.05) is 6.07 Å². The number of ether oxygens (including phenoxy) is 2. The average Bonchev–Trinajstić information content (AvgIpc) is 3.43. The Morgan fingerprint density at radius 2 is 1.87 bits per heavy atom. The van der Waals surface area contributed by atoms with E-state index in [0.717, 1.165) is 49.1 Å². The molecule has 1 N–H and O–H groups in total. The Kier molecular flexibility index (Phi) is 7.95. The molecule has 0 spiro atoms. The molecule has 0 aliphatic carbocycles. The van der Waals surface area contributed by atoms with Crippen molar-refractivity contribution in [3.63, 3.8) is 0 Å². The molecule has 9 heteroatoms. The predicted molar refractivity (Wildman–Crippen MR) is 152 cm³/mol. The Balaban J connectivity index is 1.47. The van der Waals surface area contributed by atoms with E-state index in [9.17, 15) is 4.79 Å². The number of aryl methyl sites for hydroxylation is 1. The number of pyridine rings is 1. The summed E-state index contributed by atoms with van der Waals surface area (Å²) in [6.45, 7) is 8.33. The van der Waals surface area contributed by atoms with Gasteiger partial charge >= 0.3 is 5.97 Å². The summed E-state index contributed by atoms with van der Waals surface area (Å²) in [5.74, 6) is -0.209. The number of aromatic nitrogens is 2. The minimum absolute atomic E-state index is 0.0531. The molecule has 0 bridgehead atoms. The number of carbonyl (C=O) groups is 1. The van der Waals surface area contributed by atoms with Gasteiger partial charge in [0.15, 0.2) is 5.11 Å². The van der Waals surface area contributed by atoms with Gasteiger partial charge in [0.2, 0.25) is 0 Å². The molecular weight excluding hydrogens is 498 g/mol. The van der Waals surface area contributed by atoms with Crippen LogP contribution in [0.3, 0.4) is 0 Å². The molecular formula is C29H35N5O3S. The van der Waals surface area contributed by atoms with Gasteiger partial charge in [-0.05, 0) is 80.5 Å². The molecule has 8 nitrogen and oxygen atoms in total. The standard InChI is InChI=1S/C29H35N5O3S/c1-20-19-24(21(2)34(20)23-11-9-22(10-12-23)32-15-17-37-18-16-32)28-27(25-7-4-5-13-30-25)31-29(38)33(28)14-6-8-26(35)36-3/h4-5,7,9-13,19,27-28H,6,8,14-18H2,1-3H3,(H,31,38)/t27-,28-/m1/s1. The van der Waals surface area contributed by atoms with Gasteiger partial charge in [0.25, 0.3) is 0 Å². The third-order valence-corrected chi connectivity index (χ3v) is 7.83. The Hall–Kier alpha value is -3.43. The monoisotopic (exact) mass is 533 g/mol. The summed E-state index contributed by atoms with van der Waals surface area (Å²) in [4.78, 5) is 21.0. The van der Waals surface area contributed by atoms with Gasteiger partial charge < -0.3 is 29.2 Å². The SMILES string of the molecule is COC(=O)CCCN1C(=S)N[C@H](c2ccccn2)[C@H]1c1cc(C)n(-c2ccc(N3CCOCC3)cc2)c1C. The zero-order valence-electron chi connectivity index (χ0n) is 22.2. The molecule has 1 aromatic carbocycles. The number of rotatable bonds is 8. The second-order valence-corrected chi connectivity index (χ2v) is 10.2. The number of hydrogen-bond donors (Lipinski definition) is 1. The van der Waals surface area contributed by atoms with E-state index in [2.05, 4.69) is 68.8 Å². The van der Waals surface area contributed by atoms with Gasteiger partial charge in [0, 0.05) is 55.0 Å². The van der Waals surface area contributed by atoms with Crippen LogP contribution in [0.2, 0.25) is 0 Å². The molecule has 5 rings (SSSR count). The first-order chi connectivity index (χ1) is 18.5. The summed E-state index contributed by atoms with van der Waals surface area (Å²) in [5.41, 5.74) is 6.80. The van der Waals surface area contributed by atoms with E-state index in [1.165, 1.54) is 18.4 Å². The number of nitrogens with one attached hydrogen (secondary N) is 1. The fraction of sp³-hybridized carbons (Fsp3) is 0.414. The van der Waals surface area contributed by atoms with Crippen molar-refractivity contribution in [1.29, 1.82) is 0 Å². The van der Waals surface area contributed by atoms with Crippen molar-refractivity contribution in [2.45, 2.75) is 38.8 Å². The third kappa shape index (κ3) is 5.26. The zero-order chi connectivity index (χ0) is 26.6. The number of esters is 1. The maximum atomic E-state index is 11.8. The number of morpholine rings is 1. The van der Waals surface area contributed by atoms with Crippen LogP contribution < -0.4 is 10.2 Å². The summed E-state index contributed by atoms with van der Waals surface area (Å²) in [6.07, 6.45) is 2.82. The fourth-order valence-electron chi connectivity index (χ4n) is 5.60. The zero-order valence-corrected chi connectivity index (χ0v) is 23.0. The number of benzene rings is 1. The van der Waals surface area contributed by atoms with Gasteiger partial charge in [0.05, 0.1) is 38.1 Å². The third-order valence-electron chi connectivity index (χ3n) is 7.48. The Morgan fingerprint density at radius 3 is 2.55 bits per heavy atom. The Morgan fingerprint density at radius 1 is 1.13 bits per heavy atom. The lowest BCUT2D eigenvalue weighted by Crippen LogP contribution is -2.36. The smallest absolute Gasteiger partial charge is 0.305 e. The van der Waals surface area contributed by atoms with E-state index in [1.54, 1.807) is 0 Å². The number of anilines is 1. The molecule has 200 valence electrons. The number of methoxy groups -OCH3 is 1. The summed E-state index contributed by atoms with van der Waals surface area (Å²) in [7, 11) is 1.42. The largest absolute Gasteiger partial charge is 0.469 e. The molecule has 2 aliphatic heterocycles. The molecule has 0 radical (unpaired) electrons. The normalized spacial score (nSPS) is 19.5. The van der Waals surface area contributed by atoms with E-state index in [1.807, 2.05) is 24.4 Å².